The van der Waals surface area contributed by atoms with Crippen LogP contribution in [0.2, 0.25) is 0 Å². The van der Waals surface area contributed by atoms with Gasteiger partial charge in [0.1, 0.15) is 0 Å². The topological polar surface area (TPSA) is 18.5 Å². The van der Waals surface area contributed by atoms with Gasteiger partial charge < -0.3 is 10.2 Å². The molecule has 1 N–H and O–H groups in total. The molecule has 0 atom stereocenters. The Bertz CT molecular complexity index is 326. The molecule has 3 heteroatoms. The van der Waals surface area contributed by atoms with Crippen LogP contribution in [0.1, 0.15) is 25.8 Å². The Morgan fingerprint density at radius 2 is 1.53 bits per heavy atom. The lowest BCUT2D eigenvalue weighted by atomic mass is 10.2. The van der Waals surface area contributed by atoms with E-state index in [9.17, 15) is 0 Å². The number of piperazine rings is 1. The summed E-state index contributed by atoms with van der Waals surface area (Å²) in [6, 6.07) is 8.71. The van der Waals surface area contributed by atoms with Crippen molar-refractivity contribution in [2.45, 2.75) is 26.8 Å². The van der Waals surface area contributed by atoms with E-state index in [0.29, 0.717) is 0 Å². The molecule has 1 aromatic carbocycles. The van der Waals surface area contributed by atoms with Crippen LogP contribution in [0.25, 0.3) is 0 Å². The van der Waals surface area contributed by atoms with Crippen LogP contribution in [-0.4, -0.2) is 50.1 Å². The predicted octanol–water partition coefficient (Wildman–Crippen LogP) is 2.89. The molecule has 108 valence electrons. The van der Waals surface area contributed by atoms with Crippen molar-refractivity contribution in [3.8, 4) is 0 Å². The maximum atomic E-state index is 3.14. The van der Waals surface area contributed by atoms with Crippen molar-refractivity contribution in [1.29, 1.82) is 0 Å². The second-order valence-electron chi connectivity index (χ2n) is 5.23. The minimum atomic E-state index is 1.08. The number of benzene rings is 1. The molecule has 1 fully saturated rings. The SMILES string of the molecule is CCC.CNc1ccc(CN2CCN(C)CC2)cc1. The molecule has 1 aliphatic rings. The highest BCUT2D eigenvalue weighted by atomic mass is 15.2. The van der Waals surface area contributed by atoms with Crippen LogP contribution in [-0.2, 0) is 6.54 Å². The van der Waals surface area contributed by atoms with Gasteiger partial charge in [-0.1, -0.05) is 32.4 Å². The molecule has 3 nitrogen and oxygen atoms in total. The molecule has 1 saturated heterocycles. The summed E-state index contributed by atoms with van der Waals surface area (Å²) in [6.07, 6.45) is 1.25. The number of rotatable bonds is 3. The summed E-state index contributed by atoms with van der Waals surface area (Å²) in [6.45, 7) is 10.1. The van der Waals surface area contributed by atoms with Gasteiger partial charge in [-0.25, -0.2) is 0 Å². The van der Waals surface area contributed by atoms with Gasteiger partial charge in [0.25, 0.3) is 0 Å². The summed E-state index contributed by atoms with van der Waals surface area (Å²) in [5.41, 5.74) is 2.59. The third-order valence-electron chi connectivity index (χ3n) is 3.24. The number of nitrogens with zero attached hydrogens (tertiary/aromatic N) is 2. The van der Waals surface area contributed by atoms with Crippen LogP contribution in [0, 0.1) is 0 Å². The second-order valence-corrected chi connectivity index (χ2v) is 5.23. The summed E-state index contributed by atoms with van der Waals surface area (Å²) < 4.78 is 0. The van der Waals surface area contributed by atoms with E-state index in [4.69, 9.17) is 0 Å². The van der Waals surface area contributed by atoms with Gasteiger partial charge in [0, 0.05) is 45.5 Å². The highest BCUT2D eigenvalue weighted by molar-refractivity contribution is 5.43. The second kappa shape index (κ2) is 8.94. The Morgan fingerprint density at radius 3 is 2.00 bits per heavy atom. The number of likely N-dealkylation sites (N-methyl/N-ethyl adjacent to an activating group) is 1. The van der Waals surface area contributed by atoms with Crippen molar-refractivity contribution in [1.82, 2.24) is 9.80 Å². The zero-order chi connectivity index (χ0) is 14.1. The highest BCUT2D eigenvalue weighted by Gasteiger charge is 2.13. The van der Waals surface area contributed by atoms with Crippen molar-refractivity contribution in [3.05, 3.63) is 29.8 Å². The number of anilines is 1. The van der Waals surface area contributed by atoms with E-state index in [1.807, 2.05) is 7.05 Å². The van der Waals surface area contributed by atoms with E-state index in [1.54, 1.807) is 0 Å². The lowest BCUT2D eigenvalue weighted by molar-refractivity contribution is 0.148. The minimum absolute atomic E-state index is 1.08. The largest absolute Gasteiger partial charge is 0.388 e. The first-order chi connectivity index (χ1) is 9.19. The van der Waals surface area contributed by atoms with E-state index >= 15 is 0 Å². The normalized spacial score (nSPS) is 16.6. The molecular weight excluding hydrogens is 234 g/mol. The van der Waals surface area contributed by atoms with Crippen molar-refractivity contribution in [2.75, 3.05) is 45.6 Å². The smallest absolute Gasteiger partial charge is 0.0337 e. The molecule has 1 aromatic rings. The maximum absolute atomic E-state index is 3.14. The molecule has 1 aliphatic heterocycles. The predicted molar refractivity (Wildman–Crippen MR) is 84.7 cm³/mol. The van der Waals surface area contributed by atoms with Crippen LogP contribution in [0.3, 0.4) is 0 Å². The van der Waals surface area contributed by atoms with E-state index in [-0.39, 0.29) is 0 Å². The van der Waals surface area contributed by atoms with E-state index in [0.717, 1.165) is 6.54 Å². The van der Waals surface area contributed by atoms with Crippen LogP contribution >= 0.6 is 0 Å². The molecule has 0 amide bonds. The molecule has 0 saturated carbocycles. The third kappa shape index (κ3) is 6.08. The van der Waals surface area contributed by atoms with Crippen LogP contribution in [0.5, 0.6) is 0 Å². The minimum Gasteiger partial charge on any atom is -0.388 e. The molecule has 0 spiro atoms. The summed E-state index contributed by atoms with van der Waals surface area (Å²) in [5.74, 6) is 0. The molecule has 0 radical (unpaired) electrons. The molecule has 0 unspecified atom stereocenters. The fraction of sp³-hybridized carbons (Fsp3) is 0.625. The number of hydrogen-bond acceptors (Lipinski definition) is 3. The molecule has 2 rings (SSSR count). The summed E-state index contributed by atoms with van der Waals surface area (Å²) in [7, 11) is 4.15. The van der Waals surface area contributed by atoms with Gasteiger partial charge in [0.2, 0.25) is 0 Å². The molecule has 0 bridgehead atoms. The standard InChI is InChI=1S/C13H21N3.C3H8/c1-14-13-5-3-12(4-6-13)11-16-9-7-15(2)8-10-16;1-3-2/h3-6,14H,7-11H2,1-2H3;3H2,1-2H3. The van der Waals surface area contributed by atoms with Crippen molar-refractivity contribution in [2.24, 2.45) is 0 Å². The average molecular weight is 263 g/mol. The molecule has 1 heterocycles. The Kier molecular flexibility index (Phi) is 7.53. The zero-order valence-electron chi connectivity index (χ0n) is 12.9. The van der Waals surface area contributed by atoms with Crippen molar-refractivity contribution < 1.29 is 0 Å². The Hall–Kier alpha value is -1.06. The summed E-state index contributed by atoms with van der Waals surface area (Å²) in [5, 5.41) is 3.14. The maximum Gasteiger partial charge on any atom is 0.0337 e. The first-order valence-electron chi connectivity index (χ1n) is 7.37. The van der Waals surface area contributed by atoms with Crippen LogP contribution < -0.4 is 5.32 Å². The van der Waals surface area contributed by atoms with Gasteiger partial charge in [-0.2, -0.15) is 0 Å². The van der Waals surface area contributed by atoms with Gasteiger partial charge in [-0.05, 0) is 24.7 Å². The van der Waals surface area contributed by atoms with Gasteiger partial charge in [-0.15, -0.1) is 0 Å². The average Bonchev–Trinajstić information content (AvgIpc) is 2.43. The van der Waals surface area contributed by atoms with Crippen molar-refractivity contribution >= 4 is 5.69 Å². The quantitative estimate of drug-likeness (QED) is 0.904. The van der Waals surface area contributed by atoms with Crippen LogP contribution in [0.4, 0.5) is 5.69 Å². The van der Waals surface area contributed by atoms with E-state index < -0.39 is 0 Å². The van der Waals surface area contributed by atoms with E-state index in [2.05, 4.69) is 60.3 Å². The molecule has 19 heavy (non-hydrogen) atoms. The lowest BCUT2D eigenvalue weighted by Crippen LogP contribution is -2.43. The Balaban J connectivity index is 0.000000550. The monoisotopic (exact) mass is 263 g/mol. The molecular formula is C16H29N3. The Labute approximate surface area is 118 Å². The third-order valence-corrected chi connectivity index (χ3v) is 3.24. The lowest BCUT2D eigenvalue weighted by Gasteiger charge is -2.32. The van der Waals surface area contributed by atoms with Gasteiger partial charge >= 0.3 is 0 Å². The fourth-order valence-corrected chi connectivity index (χ4v) is 2.04. The number of hydrogen-bond donors (Lipinski definition) is 1. The highest BCUT2D eigenvalue weighted by Crippen LogP contribution is 2.11. The zero-order valence-corrected chi connectivity index (χ0v) is 12.9. The molecule has 0 aromatic heterocycles. The molecule has 0 aliphatic carbocycles. The first-order valence-corrected chi connectivity index (χ1v) is 7.37. The van der Waals surface area contributed by atoms with Gasteiger partial charge in [-0.3, -0.25) is 4.90 Å². The Morgan fingerprint density at radius 1 is 1.00 bits per heavy atom. The summed E-state index contributed by atoms with van der Waals surface area (Å²) in [4.78, 5) is 4.91. The van der Waals surface area contributed by atoms with Gasteiger partial charge in [0.15, 0.2) is 0 Å². The fourth-order valence-electron chi connectivity index (χ4n) is 2.04. The van der Waals surface area contributed by atoms with Crippen LogP contribution in [0.15, 0.2) is 24.3 Å². The van der Waals surface area contributed by atoms with E-state index in [1.165, 1.54) is 43.9 Å². The van der Waals surface area contributed by atoms with Gasteiger partial charge in [0.05, 0.1) is 0 Å². The van der Waals surface area contributed by atoms with Crippen molar-refractivity contribution in [3.63, 3.8) is 0 Å². The number of nitrogens with one attached hydrogen (secondary N) is 1. The summed E-state index contributed by atoms with van der Waals surface area (Å²) >= 11 is 0. The first kappa shape index (κ1) is 16.0.